The summed E-state index contributed by atoms with van der Waals surface area (Å²) in [6.45, 7) is 0. The Morgan fingerprint density at radius 3 is 2.46 bits per heavy atom. The van der Waals surface area contributed by atoms with Crippen LogP contribution in [-0.2, 0) is 4.74 Å². The predicted molar refractivity (Wildman–Crippen MR) is 129 cm³/mol. The Labute approximate surface area is 201 Å². The molecular formula is C27H22N4O4. The predicted octanol–water partition coefficient (Wildman–Crippen LogP) is 4.63. The summed E-state index contributed by atoms with van der Waals surface area (Å²) in [5, 5.41) is 8.03. The molecule has 8 heteroatoms. The van der Waals surface area contributed by atoms with Crippen LogP contribution in [0.4, 0.5) is 5.95 Å². The van der Waals surface area contributed by atoms with E-state index in [1.165, 1.54) is 7.11 Å². The summed E-state index contributed by atoms with van der Waals surface area (Å²) in [5.41, 5.74) is 5.30. The van der Waals surface area contributed by atoms with E-state index in [1.54, 1.807) is 25.6 Å². The number of carbonyl (C=O) groups is 1. The second-order valence-corrected chi connectivity index (χ2v) is 8.27. The Kier molecular flexibility index (Phi) is 4.99. The van der Waals surface area contributed by atoms with Crippen molar-refractivity contribution in [1.29, 1.82) is 0 Å². The van der Waals surface area contributed by atoms with Crippen LogP contribution < -0.4 is 14.8 Å². The first-order chi connectivity index (χ1) is 17.2. The molecule has 35 heavy (non-hydrogen) atoms. The molecule has 1 N–H and O–H groups in total. The fourth-order valence-corrected chi connectivity index (χ4v) is 4.71. The molecule has 174 valence electrons. The Bertz CT molecular complexity index is 1440. The lowest BCUT2D eigenvalue weighted by molar-refractivity contribution is 0.0600. The van der Waals surface area contributed by atoms with Gasteiger partial charge in [0.05, 0.1) is 25.5 Å². The zero-order chi connectivity index (χ0) is 23.9. The molecule has 6 rings (SSSR count). The SMILES string of the molecule is COC(=O)c1ccc([C@@H]2Oc3ccccc3C3=C2[C@@H](c2ccc(OC)cc2)n2ncnc2N3)cc1. The summed E-state index contributed by atoms with van der Waals surface area (Å²) in [7, 11) is 3.02. The summed E-state index contributed by atoms with van der Waals surface area (Å²) in [4.78, 5) is 16.4. The molecule has 0 fully saturated rings. The Morgan fingerprint density at radius 2 is 1.71 bits per heavy atom. The molecule has 4 aromatic rings. The molecule has 8 nitrogen and oxygen atoms in total. The van der Waals surface area contributed by atoms with Gasteiger partial charge in [-0.15, -0.1) is 0 Å². The number of ether oxygens (including phenoxy) is 3. The summed E-state index contributed by atoms with van der Waals surface area (Å²) in [6.07, 6.45) is 1.12. The number of aromatic nitrogens is 3. The minimum absolute atomic E-state index is 0.270. The number of rotatable bonds is 4. The molecule has 0 aliphatic carbocycles. The molecule has 1 aromatic heterocycles. The van der Waals surface area contributed by atoms with Crippen molar-refractivity contribution in [2.24, 2.45) is 0 Å². The minimum Gasteiger partial charge on any atom is -0.497 e. The van der Waals surface area contributed by atoms with Gasteiger partial charge in [-0.2, -0.15) is 10.1 Å². The summed E-state index contributed by atoms with van der Waals surface area (Å²) >= 11 is 0. The molecule has 0 bridgehead atoms. The van der Waals surface area contributed by atoms with Gasteiger partial charge in [-0.3, -0.25) is 0 Å². The number of hydrogen-bond donors (Lipinski definition) is 1. The maximum absolute atomic E-state index is 12.0. The molecule has 0 saturated carbocycles. The van der Waals surface area contributed by atoms with Crippen LogP contribution in [0.15, 0.2) is 84.7 Å². The number of benzene rings is 3. The van der Waals surface area contributed by atoms with E-state index in [4.69, 9.17) is 14.2 Å². The van der Waals surface area contributed by atoms with Crippen LogP contribution in [0.1, 0.15) is 39.2 Å². The molecule has 0 radical (unpaired) electrons. The first-order valence-corrected chi connectivity index (χ1v) is 11.2. The monoisotopic (exact) mass is 466 g/mol. The van der Waals surface area contributed by atoms with Gasteiger partial charge in [0.1, 0.15) is 30.0 Å². The lowest BCUT2D eigenvalue weighted by Gasteiger charge is -2.39. The highest BCUT2D eigenvalue weighted by atomic mass is 16.5. The molecule has 3 aromatic carbocycles. The lowest BCUT2D eigenvalue weighted by Crippen LogP contribution is -2.32. The molecule has 2 aliphatic rings. The number of esters is 1. The number of nitrogens with one attached hydrogen (secondary N) is 1. The maximum Gasteiger partial charge on any atom is 0.337 e. The summed E-state index contributed by atoms with van der Waals surface area (Å²) in [6, 6.07) is 22.9. The van der Waals surface area contributed by atoms with Crippen LogP contribution in [0, 0.1) is 0 Å². The minimum atomic E-state index is -0.427. The van der Waals surface area contributed by atoms with E-state index >= 15 is 0 Å². The zero-order valence-electron chi connectivity index (χ0n) is 19.1. The molecule has 0 amide bonds. The third kappa shape index (κ3) is 3.42. The normalized spacial score (nSPS) is 17.9. The van der Waals surface area contributed by atoms with Gasteiger partial charge in [-0.1, -0.05) is 36.4 Å². The van der Waals surface area contributed by atoms with Crippen molar-refractivity contribution >= 4 is 17.6 Å². The molecule has 3 heterocycles. The maximum atomic E-state index is 12.0. The van der Waals surface area contributed by atoms with Crippen molar-refractivity contribution < 1.29 is 19.0 Å². The number of hydrogen-bond acceptors (Lipinski definition) is 7. The van der Waals surface area contributed by atoms with Gasteiger partial charge in [0.25, 0.3) is 0 Å². The molecule has 0 saturated heterocycles. The number of fused-ring (bicyclic) bond motifs is 3. The topological polar surface area (TPSA) is 87.5 Å². The molecular weight excluding hydrogens is 444 g/mol. The van der Waals surface area contributed by atoms with Crippen molar-refractivity contribution in [2.45, 2.75) is 12.1 Å². The molecule has 0 spiro atoms. The van der Waals surface area contributed by atoms with Crippen molar-refractivity contribution in [3.05, 3.63) is 107 Å². The van der Waals surface area contributed by atoms with Crippen molar-refractivity contribution in [1.82, 2.24) is 14.8 Å². The van der Waals surface area contributed by atoms with E-state index in [0.717, 1.165) is 39.5 Å². The van der Waals surface area contributed by atoms with Crippen LogP contribution in [-0.4, -0.2) is 35.0 Å². The van der Waals surface area contributed by atoms with E-state index in [2.05, 4.69) is 15.4 Å². The highest BCUT2D eigenvalue weighted by Gasteiger charge is 2.40. The van der Waals surface area contributed by atoms with E-state index < -0.39 is 6.10 Å². The van der Waals surface area contributed by atoms with E-state index in [1.807, 2.05) is 65.3 Å². The quantitative estimate of drug-likeness (QED) is 0.439. The number of methoxy groups -OCH3 is 2. The van der Waals surface area contributed by atoms with Gasteiger partial charge < -0.3 is 19.5 Å². The number of nitrogens with zero attached hydrogens (tertiary/aromatic N) is 3. The lowest BCUT2D eigenvalue weighted by atomic mass is 9.84. The van der Waals surface area contributed by atoms with E-state index in [9.17, 15) is 4.79 Å². The van der Waals surface area contributed by atoms with Gasteiger partial charge in [0, 0.05) is 11.1 Å². The third-order valence-corrected chi connectivity index (χ3v) is 6.39. The van der Waals surface area contributed by atoms with Crippen molar-refractivity contribution in [2.75, 3.05) is 19.5 Å². The molecule has 2 aliphatic heterocycles. The molecule has 2 atom stereocenters. The molecule has 0 unspecified atom stereocenters. The Hall–Kier alpha value is -4.59. The first kappa shape index (κ1) is 21.0. The van der Waals surface area contributed by atoms with E-state index in [-0.39, 0.29) is 12.0 Å². The van der Waals surface area contributed by atoms with Crippen molar-refractivity contribution in [3.8, 4) is 11.5 Å². The highest BCUT2D eigenvalue weighted by Crippen LogP contribution is 2.50. The van der Waals surface area contributed by atoms with Crippen LogP contribution in [0.5, 0.6) is 11.5 Å². The van der Waals surface area contributed by atoms with Gasteiger partial charge in [-0.25, -0.2) is 9.48 Å². The zero-order valence-corrected chi connectivity index (χ0v) is 19.1. The summed E-state index contributed by atoms with van der Waals surface area (Å²) < 4.78 is 18.7. The Morgan fingerprint density at radius 1 is 0.971 bits per heavy atom. The second kappa shape index (κ2) is 8.32. The van der Waals surface area contributed by atoms with Gasteiger partial charge in [0.2, 0.25) is 5.95 Å². The summed E-state index contributed by atoms with van der Waals surface area (Å²) in [5.74, 6) is 1.81. The van der Waals surface area contributed by atoms with E-state index in [0.29, 0.717) is 11.5 Å². The largest absolute Gasteiger partial charge is 0.497 e. The van der Waals surface area contributed by atoms with Gasteiger partial charge in [0.15, 0.2) is 0 Å². The van der Waals surface area contributed by atoms with Crippen LogP contribution in [0.3, 0.4) is 0 Å². The first-order valence-electron chi connectivity index (χ1n) is 11.2. The fourth-order valence-electron chi connectivity index (χ4n) is 4.71. The second-order valence-electron chi connectivity index (χ2n) is 8.27. The number of carbonyl (C=O) groups excluding carboxylic acids is 1. The van der Waals surface area contributed by atoms with Gasteiger partial charge in [-0.05, 0) is 47.5 Å². The van der Waals surface area contributed by atoms with Crippen molar-refractivity contribution in [3.63, 3.8) is 0 Å². The third-order valence-electron chi connectivity index (χ3n) is 6.39. The average Bonchev–Trinajstić information content (AvgIpc) is 3.39. The van der Waals surface area contributed by atoms with Crippen LogP contribution in [0.2, 0.25) is 0 Å². The highest BCUT2D eigenvalue weighted by molar-refractivity contribution is 5.89. The van der Waals surface area contributed by atoms with Crippen LogP contribution >= 0.6 is 0 Å². The number of para-hydroxylation sites is 1. The average molecular weight is 466 g/mol. The Balaban J connectivity index is 1.55. The fraction of sp³-hybridized carbons (Fsp3) is 0.148. The standard InChI is InChI=1S/C27H22N4O4/c1-33-19-13-11-16(12-14-19)24-22-23(30-27-28-15-29-31(24)27)20-5-3-4-6-21(20)35-25(22)17-7-9-18(10-8-17)26(32)34-2/h3-15,24-25H,1-2H3,(H,28,29,30)/t24-,25+/m1/s1. The number of anilines is 1. The van der Waals surface area contributed by atoms with Gasteiger partial charge >= 0.3 is 5.97 Å². The van der Waals surface area contributed by atoms with Crippen LogP contribution in [0.25, 0.3) is 5.70 Å². The smallest absolute Gasteiger partial charge is 0.337 e.